The lowest BCUT2D eigenvalue weighted by Gasteiger charge is -2.40. The molecule has 1 N–H and O–H groups in total. The molecule has 5 heteroatoms. The second kappa shape index (κ2) is 6.57. The third-order valence-electron chi connectivity index (χ3n) is 4.95. The lowest BCUT2D eigenvalue weighted by molar-refractivity contribution is -0.151. The Kier molecular flexibility index (Phi) is 5.02. The summed E-state index contributed by atoms with van der Waals surface area (Å²) < 4.78 is 5.34. The zero-order valence-electron chi connectivity index (χ0n) is 12.4. The third kappa shape index (κ3) is 3.14. The van der Waals surface area contributed by atoms with Gasteiger partial charge in [-0.25, -0.2) is 0 Å². The predicted octanol–water partition coefficient (Wildman–Crippen LogP) is 1.76. The maximum atomic E-state index is 12.7. The van der Waals surface area contributed by atoms with Crippen LogP contribution in [0.5, 0.6) is 0 Å². The molecule has 5 nitrogen and oxygen atoms in total. The van der Waals surface area contributed by atoms with Gasteiger partial charge < -0.3 is 14.7 Å². The molecule has 0 bridgehead atoms. The van der Waals surface area contributed by atoms with Crippen molar-refractivity contribution in [3.05, 3.63) is 0 Å². The second-order valence-electron chi connectivity index (χ2n) is 6.10. The van der Waals surface area contributed by atoms with Crippen molar-refractivity contribution in [2.45, 2.75) is 45.6 Å². The van der Waals surface area contributed by atoms with Crippen molar-refractivity contribution >= 4 is 11.9 Å². The zero-order valence-corrected chi connectivity index (χ0v) is 12.4. The van der Waals surface area contributed by atoms with Gasteiger partial charge in [0.25, 0.3) is 0 Å². The first kappa shape index (κ1) is 15.3. The maximum absolute atomic E-state index is 12.7. The minimum Gasteiger partial charge on any atom is -0.481 e. The first-order chi connectivity index (χ1) is 9.52. The Hall–Kier alpha value is -1.10. The molecule has 2 rings (SSSR count). The topological polar surface area (TPSA) is 66.8 Å². The van der Waals surface area contributed by atoms with Gasteiger partial charge in [0.15, 0.2) is 0 Å². The highest BCUT2D eigenvalue weighted by molar-refractivity contribution is 5.80. The number of nitrogens with zero attached hydrogens (tertiary/aromatic N) is 1. The van der Waals surface area contributed by atoms with Crippen LogP contribution in [0.4, 0.5) is 0 Å². The molecule has 2 heterocycles. The molecule has 2 saturated heterocycles. The lowest BCUT2D eigenvalue weighted by Crippen LogP contribution is -2.51. The Balaban J connectivity index is 2.01. The summed E-state index contributed by atoms with van der Waals surface area (Å²) in [7, 11) is 0. The number of amides is 1. The van der Waals surface area contributed by atoms with Gasteiger partial charge in [-0.1, -0.05) is 6.92 Å². The average molecular weight is 283 g/mol. The Morgan fingerprint density at radius 2 is 1.90 bits per heavy atom. The molecule has 0 aromatic heterocycles. The number of aliphatic carboxylic acids is 1. The van der Waals surface area contributed by atoms with Gasteiger partial charge in [-0.2, -0.15) is 0 Å². The van der Waals surface area contributed by atoms with Crippen molar-refractivity contribution in [1.29, 1.82) is 0 Å². The fraction of sp³-hybridized carbons (Fsp3) is 0.867. The van der Waals surface area contributed by atoms with Gasteiger partial charge in [-0.05, 0) is 38.5 Å². The molecule has 3 atom stereocenters. The number of carbonyl (C=O) groups is 2. The van der Waals surface area contributed by atoms with Crippen LogP contribution in [0.1, 0.15) is 39.5 Å². The first-order valence-electron chi connectivity index (χ1n) is 7.63. The van der Waals surface area contributed by atoms with Crippen molar-refractivity contribution < 1.29 is 19.4 Å². The fourth-order valence-corrected chi connectivity index (χ4v) is 3.46. The molecule has 114 valence electrons. The summed E-state index contributed by atoms with van der Waals surface area (Å²) >= 11 is 0. The van der Waals surface area contributed by atoms with Gasteiger partial charge in [-0.15, -0.1) is 0 Å². The van der Waals surface area contributed by atoms with Gasteiger partial charge in [0.2, 0.25) is 5.91 Å². The molecule has 0 aliphatic carbocycles. The summed E-state index contributed by atoms with van der Waals surface area (Å²) in [4.78, 5) is 25.7. The molecule has 0 aromatic carbocycles. The molecule has 0 spiro atoms. The molecule has 1 amide bonds. The number of hydrogen-bond acceptors (Lipinski definition) is 3. The molecule has 1 unspecified atom stereocenters. The van der Waals surface area contributed by atoms with Crippen LogP contribution in [0, 0.1) is 17.8 Å². The largest absolute Gasteiger partial charge is 0.481 e. The summed E-state index contributed by atoms with van der Waals surface area (Å²) in [6, 6.07) is -0.198. The quantitative estimate of drug-likeness (QED) is 0.857. The van der Waals surface area contributed by atoms with Gasteiger partial charge in [0.1, 0.15) is 0 Å². The number of likely N-dealkylation sites (tertiary alicyclic amines) is 1. The van der Waals surface area contributed by atoms with Crippen LogP contribution in [-0.2, 0) is 14.3 Å². The van der Waals surface area contributed by atoms with Crippen molar-refractivity contribution in [2.75, 3.05) is 19.8 Å². The van der Waals surface area contributed by atoms with E-state index >= 15 is 0 Å². The number of carbonyl (C=O) groups excluding carboxylic acids is 1. The second-order valence-corrected chi connectivity index (χ2v) is 6.10. The molecule has 2 aliphatic heterocycles. The van der Waals surface area contributed by atoms with Crippen molar-refractivity contribution in [3.8, 4) is 0 Å². The van der Waals surface area contributed by atoms with Crippen LogP contribution >= 0.6 is 0 Å². The standard InChI is InChI=1S/C15H25NO4/c1-10(12-5-8-20-9-6-12)14(17)16-7-3-4-13(11(16)2)15(18)19/h10-13H,3-9H2,1-2H3,(H,18,19)/t10?,11-,13-/m0/s1. The summed E-state index contributed by atoms with van der Waals surface area (Å²) in [6.07, 6.45) is 3.31. The van der Waals surface area contributed by atoms with E-state index in [2.05, 4.69) is 0 Å². The average Bonchev–Trinajstić information content (AvgIpc) is 2.46. The van der Waals surface area contributed by atoms with E-state index in [1.54, 1.807) is 4.90 Å². The molecule has 2 fully saturated rings. The van der Waals surface area contributed by atoms with Gasteiger partial charge in [-0.3, -0.25) is 9.59 Å². The van der Waals surface area contributed by atoms with Crippen LogP contribution in [-0.4, -0.2) is 47.7 Å². The highest BCUT2D eigenvalue weighted by atomic mass is 16.5. The van der Waals surface area contributed by atoms with E-state index in [9.17, 15) is 14.7 Å². The van der Waals surface area contributed by atoms with Crippen LogP contribution in [0.2, 0.25) is 0 Å². The Labute approximate surface area is 120 Å². The van der Waals surface area contributed by atoms with Crippen LogP contribution < -0.4 is 0 Å². The summed E-state index contributed by atoms with van der Waals surface area (Å²) in [5, 5.41) is 9.24. The number of rotatable bonds is 3. The predicted molar refractivity (Wildman–Crippen MR) is 74.2 cm³/mol. The van der Waals surface area contributed by atoms with E-state index in [1.807, 2.05) is 13.8 Å². The lowest BCUT2D eigenvalue weighted by atomic mass is 9.84. The number of ether oxygens (including phenoxy) is 1. The minimum atomic E-state index is -0.784. The van der Waals surface area contributed by atoms with Crippen LogP contribution in [0.25, 0.3) is 0 Å². The zero-order chi connectivity index (χ0) is 14.7. The SMILES string of the molecule is CC(C(=O)N1CCC[C@H](C(=O)O)[C@@H]1C)C1CCOCC1. The van der Waals surface area contributed by atoms with E-state index in [0.717, 1.165) is 32.5 Å². The minimum absolute atomic E-state index is 0.0334. The molecule has 0 radical (unpaired) electrons. The highest BCUT2D eigenvalue weighted by Gasteiger charge is 2.38. The van der Waals surface area contributed by atoms with E-state index in [1.165, 1.54) is 0 Å². The summed E-state index contributed by atoms with van der Waals surface area (Å²) in [5.41, 5.74) is 0. The van der Waals surface area contributed by atoms with Crippen molar-refractivity contribution in [3.63, 3.8) is 0 Å². The van der Waals surface area contributed by atoms with E-state index in [4.69, 9.17) is 4.74 Å². The van der Waals surface area contributed by atoms with E-state index < -0.39 is 11.9 Å². The Morgan fingerprint density at radius 3 is 2.50 bits per heavy atom. The number of hydrogen-bond donors (Lipinski definition) is 1. The molecule has 20 heavy (non-hydrogen) atoms. The third-order valence-corrected chi connectivity index (χ3v) is 4.95. The Bertz CT molecular complexity index is 365. The van der Waals surface area contributed by atoms with Gasteiger partial charge in [0, 0.05) is 31.7 Å². The van der Waals surface area contributed by atoms with Gasteiger partial charge in [0.05, 0.1) is 5.92 Å². The van der Waals surface area contributed by atoms with E-state index in [-0.39, 0.29) is 17.9 Å². The van der Waals surface area contributed by atoms with Crippen LogP contribution in [0.15, 0.2) is 0 Å². The fourth-order valence-electron chi connectivity index (χ4n) is 3.46. The number of carboxylic acid groups (broad SMARTS) is 1. The monoisotopic (exact) mass is 283 g/mol. The first-order valence-corrected chi connectivity index (χ1v) is 7.63. The Morgan fingerprint density at radius 1 is 1.25 bits per heavy atom. The number of piperidine rings is 1. The van der Waals surface area contributed by atoms with Crippen LogP contribution in [0.3, 0.4) is 0 Å². The van der Waals surface area contributed by atoms with Crippen molar-refractivity contribution in [2.24, 2.45) is 17.8 Å². The molecular weight excluding hydrogens is 258 g/mol. The molecule has 0 saturated carbocycles. The highest BCUT2D eigenvalue weighted by Crippen LogP contribution is 2.30. The smallest absolute Gasteiger partial charge is 0.308 e. The summed E-state index contributed by atoms with van der Waals surface area (Å²) in [5.74, 6) is -0.749. The van der Waals surface area contributed by atoms with E-state index in [0.29, 0.717) is 18.9 Å². The summed E-state index contributed by atoms with van der Waals surface area (Å²) in [6.45, 7) is 6.00. The number of carboxylic acids is 1. The van der Waals surface area contributed by atoms with Crippen molar-refractivity contribution in [1.82, 2.24) is 4.90 Å². The molecular formula is C15H25NO4. The van der Waals surface area contributed by atoms with Gasteiger partial charge >= 0.3 is 5.97 Å². The molecule has 2 aliphatic rings. The molecule has 0 aromatic rings. The normalized spacial score (nSPS) is 30.0. The maximum Gasteiger partial charge on any atom is 0.308 e.